The van der Waals surface area contributed by atoms with Crippen molar-refractivity contribution in [1.82, 2.24) is 20.2 Å². The summed E-state index contributed by atoms with van der Waals surface area (Å²) in [6.07, 6.45) is 9.36. The molecule has 1 aromatic carbocycles. The van der Waals surface area contributed by atoms with E-state index in [9.17, 15) is 4.79 Å². The molecular weight excluding hydrogens is 348 g/mol. The Bertz CT molecular complexity index is 843. The molecule has 0 radical (unpaired) electrons. The van der Waals surface area contributed by atoms with Gasteiger partial charge in [0, 0.05) is 44.5 Å². The number of nitrogens with zero attached hydrogens (tertiary/aromatic N) is 3. The van der Waals surface area contributed by atoms with Gasteiger partial charge in [-0.05, 0) is 37.0 Å². The average Bonchev–Trinajstić information content (AvgIpc) is 2.65. The number of rotatable bonds is 5. The van der Waals surface area contributed by atoms with Gasteiger partial charge >= 0.3 is 6.03 Å². The number of carbonyl (C=O) groups excluding carboxylic acids is 1. The fraction of sp³-hybridized carbons (Fsp3) is 0.435. The average molecular weight is 377 g/mol. The van der Waals surface area contributed by atoms with E-state index in [-0.39, 0.29) is 12.1 Å². The van der Waals surface area contributed by atoms with Gasteiger partial charge < -0.3 is 10.2 Å². The quantitative estimate of drug-likeness (QED) is 0.814. The van der Waals surface area contributed by atoms with Crippen LogP contribution in [0.3, 0.4) is 0 Å². The Hall–Kier alpha value is -2.87. The monoisotopic (exact) mass is 376 g/mol. The molecule has 3 rings (SSSR count). The van der Waals surface area contributed by atoms with Crippen LogP contribution in [0, 0.1) is 17.8 Å². The van der Waals surface area contributed by atoms with Crippen LogP contribution in [0.5, 0.6) is 0 Å². The van der Waals surface area contributed by atoms with Crippen LogP contribution in [-0.4, -0.2) is 41.0 Å². The summed E-state index contributed by atoms with van der Waals surface area (Å²) in [5.74, 6) is 7.99. The highest BCUT2D eigenvalue weighted by Crippen LogP contribution is 2.28. The maximum Gasteiger partial charge on any atom is 0.317 e. The highest BCUT2D eigenvalue weighted by molar-refractivity contribution is 5.73. The third kappa shape index (κ3) is 5.82. The third-order valence-electron chi connectivity index (χ3n) is 5.02. The predicted molar refractivity (Wildman–Crippen MR) is 111 cm³/mol. The molecule has 2 amide bonds. The van der Waals surface area contributed by atoms with Crippen molar-refractivity contribution < 1.29 is 4.79 Å². The van der Waals surface area contributed by atoms with Crippen molar-refractivity contribution >= 4 is 6.03 Å². The number of carbonyl (C=O) groups is 1. The molecule has 1 fully saturated rings. The molecule has 0 bridgehead atoms. The van der Waals surface area contributed by atoms with Gasteiger partial charge in [0.25, 0.3) is 0 Å². The van der Waals surface area contributed by atoms with Gasteiger partial charge in [-0.15, -0.1) is 0 Å². The molecule has 5 nitrogen and oxygen atoms in total. The van der Waals surface area contributed by atoms with Crippen LogP contribution in [0.4, 0.5) is 4.79 Å². The Kier molecular flexibility index (Phi) is 6.65. The van der Waals surface area contributed by atoms with Crippen LogP contribution < -0.4 is 5.32 Å². The minimum atomic E-state index is -0.0732. The fourth-order valence-corrected chi connectivity index (χ4v) is 3.09. The smallest absolute Gasteiger partial charge is 0.317 e. The van der Waals surface area contributed by atoms with E-state index in [2.05, 4.69) is 39.3 Å². The normalized spacial score (nSPS) is 14.4. The summed E-state index contributed by atoms with van der Waals surface area (Å²) < 4.78 is 0. The van der Waals surface area contributed by atoms with Crippen LogP contribution in [0.2, 0.25) is 0 Å². The van der Waals surface area contributed by atoms with E-state index in [1.807, 2.05) is 31.5 Å². The molecule has 1 unspecified atom stereocenters. The van der Waals surface area contributed by atoms with E-state index in [0.29, 0.717) is 0 Å². The summed E-state index contributed by atoms with van der Waals surface area (Å²) >= 11 is 0. The molecule has 1 aliphatic carbocycles. The lowest BCUT2D eigenvalue weighted by atomic mass is 9.83. The van der Waals surface area contributed by atoms with Crippen molar-refractivity contribution in [3.63, 3.8) is 0 Å². The lowest BCUT2D eigenvalue weighted by Crippen LogP contribution is -2.40. The van der Waals surface area contributed by atoms with E-state index in [1.54, 1.807) is 19.0 Å². The van der Waals surface area contributed by atoms with Crippen LogP contribution in [0.1, 0.15) is 48.7 Å². The van der Waals surface area contributed by atoms with Crippen molar-refractivity contribution in [2.45, 2.75) is 45.1 Å². The summed E-state index contributed by atoms with van der Waals surface area (Å²) in [6, 6.07) is 8.13. The lowest BCUT2D eigenvalue weighted by molar-refractivity contribution is 0.214. The number of aromatic nitrogens is 2. The molecule has 1 N–H and O–H groups in total. The Balaban J connectivity index is 1.53. The van der Waals surface area contributed by atoms with Crippen LogP contribution in [-0.2, 0) is 12.8 Å². The van der Waals surface area contributed by atoms with Crippen molar-refractivity contribution in [3.8, 4) is 11.8 Å². The van der Waals surface area contributed by atoms with E-state index in [4.69, 9.17) is 0 Å². The van der Waals surface area contributed by atoms with Gasteiger partial charge in [0.1, 0.15) is 5.82 Å². The molecule has 1 heterocycles. The molecule has 2 aromatic rings. The van der Waals surface area contributed by atoms with Gasteiger partial charge in [-0.25, -0.2) is 14.8 Å². The molecule has 0 saturated heterocycles. The lowest BCUT2D eigenvalue weighted by Gasteiger charge is -2.24. The summed E-state index contributed by atoms with van der Waals surface area (Å²) in [4.78, 5) is 22.1. The largest absolute Gasteiger partial charge is 0.335 e. The second kappa shape index (κ2) is 9.36. The first kappa shape index (κ1) is 19.9. The Morgan fingerprint density at radius 3 is 2.36 bits per heavy atom. The Labute approximate surface area is 167 Å². The standard InChI is InChI=1S/C23H28N4O/c1-17(26-23(28)27(2)3)13-20-10-7-18(8-11-20)9-12-21-15-24-22(25-16-21)14-19-5-4-6-19/h7-8,10-11,15-17,19H,4-6,13-14H2,1-3H3,(H,26,28). The van der Waals surface area contributed by atoms with E-state index < -0.39 is 0 Å². The summed E-state index contributed by atoms with van der Waals surface area (Å²) in [5.41, 5.74) is 2.95. The van der Waals surface area contributed by atoms with Crippen molar-refractivity contribution in [2.75, 3.05) is 14.1 Å². The highest BCUT2D eigenvalue weighted by Gasteiger charge is 2.18. The fourth-order valence-electron chi connectivity index (χ4n) is 3.09. The molecule has 1 aliphatic rings. The SMILES string of the molecule is CC(Cc1ccc(C#Cc2cnc(CC3CCC3)nc2)cc1)NC(=O)N(C)C. The molecular formula is C23H28N4O. The zero-order valence-corrected chi connectivity index (χ0v) is 16.9. The van der Waals surface area contributed by atoms with Gasteiger partial charge in [-0.1, -0.05) is 43.2 Å². The van der Waals surface area contributed by atoms with E-state index in [0.717, 1.165) is 35.7 Å². The molecule has 1 saturated carbocycles. The number of benzene rings is 1. The Morgan fingerprint density at radius 1 is 1.14 bits per heavy atom. The van der Waals surface area contributed by atoms with Crippen molar-refractivity contribution in [1.29, 1.82) is 0 Å². The molecule has 0 spiro atoms. The first-order valence-corrected chi connectivity index (χ1v) is 9.89. The predicted octanol–water partition coefficient (Wildman–Crippen LogP) is 3.42. The molecule has 1 atom stereocenters. The van der Waals surface area contributed by atoms with Crippen LogP contribution >= 0.6 is 0 Å². The topological polar surface area (TPSA) is 58.1 Å². The van der Waals surface area contributed by atoms with Gasteiger partial charge in [0.15, 0.2) is 0 Å². The zero-order chi connectivity index (χ0) is 19.9. The van der Waals surface area contributed by atoms with Gasteiger partial charge in [0.05, 0.1) is 5.56 Å². The molecule has 0 aliphatic heterocycles. The van der Waals surface area contributed by atoms with Gasteiger partial charge in [0.2, 0.25) is 0 Å². The zero-order valence-electron chi connectivity index (χ0n) is 16.9. The van der Waals surface area contributed by atoms with Gasteiger partial charge in [-0.3, -0.25) is 0 Å². The molecule has 5 heteroatoms. The maximum absolute atomic E-state index is 11.7. The maximum atomic E-state index is 11.7. The third-order valence-corrected chi connectivity index (χ3v) is 5.02. The second-order valence-corrected chi connectivity index (χ2v) is 7.79. The second-order valence-electron chi connectivity index (χ2n) is 7.79. The molecule has 146 valence electrons. The first-order valence-electron chi connectivity index (χ1n) is 9.89. The van der Waals surface area contributed by atoms with E-state index in [1.165, 1.54) is 24.8 Å². The summed E-state index contributed by atoms with van der Waals surface area (Å²) in [5, 5.41) is 2.96. The van der Waals surface area contributed by atoms with Crippen molar-refractivity contribution in [2.24, 2.45) is 5.92 Å². The van der Waals surface area contributed by atoms with Crippen molar-refractivity contribution in [3.05, 3.63) is 59.2 Å². The Morgan fingerprint density at radius 2 is 1.79 bits per heavy atom. The number of nitrogens with one attached hydrogen (secondary N) is 1. The van der Waals surface area contributed by atoms with Crippen LogP contribution in [0.15, 0.2) is 36.7 Å². The summed E-state index contributed by atoms with van der Waals surface area (Å²) in [7, 11) is 3.48. The minimum Gasteiger partial charge on any atom is -0.335 e. The number of urea groups is 1. The first-order chi connectivity index (χ1) is 13.5. The van der Waals surface area contributed by atoms with Gasteiger partial charge in [-0.2, -0.15) is 0 Å². The minimum absolute atomic E-state index is 0.0717. The van der Waals surface area contributed by atoms with Crippen LogP contribution in [0.25, 0.3) is 0 Å². The molecule has 1 aromatic heterocycles. The highest BCUT2D eigenvalue weighted by atomic mass is 16.2. The number of hydrogen-bond donors (Lipinski definition) is 1. The number of amides is 2. The molecule has 28 heavy (non-hydrogen) atoms. The summed E-state index contributed by atoms with van der Waals surface area (Å²) in [6.45, 7) is 2.00. The van der Waals surface area contributed by atoms with E-state index >= 15 is 0 Å². The number of hydrogen-bond acceptors (Lipinski definition) is 3.